The number of carboxylic acid groups (broad SMARTS) is 1. The van der Waals surface area contributed by atoms with Crippen LogP contribution < -0.4 is 0 Å². The summed E-state index contributed by atoms with van der Waals surface area (Å²) in [5, 5.41) is 9.24. The van der Waals surface area contributed by atoms with Gasteiger partial charge < -0.3 is 14.7 Å². The number of benzene rings is 1. The van der Waals surface area contributed by atoms with Crippen LogP contribution in [-0.4, -0.2) is 59.3 Å². The Kier molecular flexibility index (Phi) is 5.73. The van der Waals surface area contributed by atoms with Gasteiger partial charge in [-0.05, 0) is 31.5 Å². The lowest BCUT2D eigenvalue weighted by Crippen LogP contribution is -2.37. The van der Waals surface area contributed by atoms with E-state index in [1.54, 1.807) is 37.7 Å². The van der Waals surface area contributed by atoms with Gasteiger partial charge in [0.15, 0.2) is 0 Å². The van der Waals surface area contributed by atoms with Crippen molar-refractivity contribution in [2.75, 3.05) is 33.4 Å². The van der Waals surface area contributed by atoms with Crippen molar-refractivity contribution in [2.24, 2.45) is 0 Å². The first-order valence-corrected chi connectivity index (χ1v) is 8.55. The molecule has 1 aromatic carbocycles. The van der Waals surface area contributed by atoms with Crippen molar-refractivity contribution in [1.29, 1.82) is 0 Å². The fourth-order valence-corrected chi connectivity index (χ4v) is 3.37. The second-order valence-electron chi connectivity index (χ2n) is 6.31. The normalized spacial score (nSPS) is 18.2. The Labute approximate surface area is 147 Å². The molecule has 1 fully saturated rings. The molecule has 2 heterocycles. The van der Waals surface area contributed by atoms with E-state index in [9.17, 15) is 9.90 Å². The van der Waals surface area contributed by atoms with E-state index in [0.29, 0.717) is 5.92 Å². The number of piperidine rings is 1. The van der Waals surface area contributed by atoms with E-state index >= 15 is 0 Å². The quantitative estimate of drug-likeness (QED) is 0.870. The van der Waals surface area contributed by atoms with Gasteiger partial charge in [0, 0.05) is 44.1 Å². The van der Waals surface area contributed by atoms with Gasteiger partial charge in [0.2, 0.25) is 0 Å². The largest absolute Gasteiger partial charge is 0.478 e. The molecule has 0 bridgehead atoms. The number of aromatic nitrogens is 2. The maximum absolute atomic E-state index is 11.3. The first-order valence-electron chi connectivity index (χ1n) is 8.55. The van der Waals surface area contributed by atoms with Crippen molar-refractivity contribution in [3.63, 3.8) is 0 Å². The number of aromatic carboxylic acids is 1. The standard InChI is InChI=1S/C19H23N3O3/c1-25-11-10-22-9-3-6-16(13-22)18-17(20-7-8-21-18)14-4-2-5-15(12-14)19(23)24/h2,4-5,7-8,12,16H,3,6,9-11,13H2,1H3,(H,23,24)/t16-/m1/s1. The molecule has 0 spiro atoms. The molecule has 1 aromatic heterocycles. The summed E-state index contributed by atoms with van der Waals surface area (Å²) in [6.07, 6.45) is 5.55. The van der Waals surface area contributed by atoms with Crippen LogP contribution in [0, 0.1) is 0 Å². The number of methoxy groups -OCH3 is 1. The Bertz CT molecular complexity index is 735. The van der Waals surface area contributed by atoms with E-state index in [-0.39, 0.29) is 5.56 Å². The van der Waals surface area contributed by atoms with E-state index in [1.807, 2.05) is 6.07 Å². The maximum Gasteiger partial charge on any atom is 0.335 e. The third kappa shape index (κ3) is 4.21. The maximum atomic E-state index is 11.3. The molecule has 3 rings (SSSR count). The number of carbonyl (C=O) groups is 1. The smallest absolute Gasteiger partial charge is 0.335 e. The van der Waals surface area contributed by atoms with Crippen molar-refractivity contribution < 1.29 is 14.6 Å². The number of likely N-dealkylation sites (tertiary alicyclic amines) is 1. The van der Waals surface area contributed by atoms with E-state index in [2.05, 4.69) is 14.9 Å². The van der Waals surface area contributed by atoms with Gasteiger partial charge >= 0.3 is 5.97 Å². The predicted octanol–water partition coefficient (Wildman–Crippen LogP) is 2.67. The molecule has 1 saturated heterocycles. The van der Waals surface area contributed by atoms with Gasteiger partial charge in [0.05, 0.1) is 23.6 Å². The summed E-state index contributed by atoms with van der Waals surface area (Å²) in [6, 6.07) is 6.91. The summed E-state index contributed by atoms with van der Waals surface area (Å²) in [7, 11) is 1.72. The van der Waals surface area contributed by atoms with E-state index in [0.717, 1.165) is 56.0 Å². The van der Waals surface area contributed by atoms with Crippen LogP contribution in [0.15, 0.2) is 36.7 Å². The minimum Gasteiger partial charge on any atom is -0.478 e. The fraction of sp³-hybridized carbons (Fsp3) is 0.421. The van der Waals surface area contributed by atoms with Crippen LogP contribution in [0.3, 0.4) is 0 Å². The Morgan fingerprint density at radius 2 is 2.20 bits per heavy atom. The number of rotatable bonds is 6. The van der Waals surface area contributed by atoms with Gasteiger partial charge in [-0.25, -0.2) is 4.79 Å². The lowest BCUT2D eigenvalue weighted by Gasteiger charge is -2.32. The van der Waals surface area contributed by atoms with E-state index in [1.165, 1.54) is 0 Å². The Morgan fingerprint density at radius 1 is 1.36 bits per heavy atom. The van der Waals surface area contributed by atoms with Crippen molar-refractivity contribution in [2.45, 2.75) is 18.8 Å². The molecule has 1 aliphatic heterocycles. The molecule has 6 heteroatoms. The summed E-state index contributed by atoms with van der Waals surface area (Å²) < 4.78 is 5.19. The summed E-state index contributed by atoms with van der Waals surface area (Å²) in [5.74, 6) is -0.640. The summed E-state index contributed by atoms with van der Waals surface area (Å²) in [4.78, 5) is 22.8. The Balaban J connectivity index is 1.88. The van der Waals surface area contributed by atoms with Gasteiger partial charge in [0.25, 0.3) is 0 Å². The van der Waals surface area contributed by atoms with Crippen LogP contribution in [0.5, 0.6) is 0 Å². The molecular weight excluding hydrogens is 318 g/mol. The molecule has 1 atom stereocenters. The molecular formula is C19H23N3O3. The van der Waals surface area contributed by atoms with E-state index < -0.39 is 5.97 Å². The molecule has 6 nitrogen and oxygen atoms in total. The van der Waals surface area contributed by atoms with Gasteiger partial charge in [-0.3, -0.25) is 9.97 Å². The number of carboxylic acids is 1. The minimum absolute atomic E-state index is 0.263. The lowest BCUT2D eigenvalue weighted by atomic mass is 9.91. The van der Waals surface area contributed by atoms with Gasteiger partial charge in [-0.1, -0.05) is 12.1 Å². The second kappa shape index (κ2) is 8.18. The van der Waals surface area contributed by atoms with Crippen LogP contribution in [0.25, 0.3) is 11.3 Å². The number of hydrogen-bond donors (Lipinski definition) is 1. The molecule has 1 aliphatic rings. The SMILES string of the molecule is COCCN1CCC[C@@H](c2nccnc2-c2cccc(C(=O)O)c2)C1. The highest BCUT2D eigenvalue weighted by molar-refractivity contribution is 5.89. The van der Waals surface area contributed by atoms with Crippen molar-refractivity contribution >= 4 is 5.97 Å². The topological polar surface area (TPSA) is 75.5 Å². The summed E-state index contributed by atoms with van der Waals surface area (Å²) in [5.41, 5.74) is 2.80. The average molecular weight is 341 g/mol. The zero-order valence-corrected chi connectivity index (χ0v) is 14.4. The predicted molar refractivity (Wildman–Crippen MR) is 94.7 cm³/mol. The van der Waals surface area contributed by atoms with Crippen LogP contribution >= 0.6 is 0 Å². The number of ether oxygens (including phenoxy) is 1. The molecule has 0 aliphatic carbocycles. The molecule has 25 heavy (non-hydrogen) atoms. The molecule has 0 amide bonds. The number of nitrogens with zero attached hydrogens (tertiary/aromatic N) is 3. The highest BCUT2D eigenvalue weighted by Crippen LogP contribution is 2.31. The first kappa shape index (κ1) is 17.5. The molecule has 0 unspecified atom stereocenters. The molecule has 0 saturated carbocycles. The van der Waals surface area contributed by atoms with Crippen LogP contribution in [-0.2, 0) is 4.74 Å². The van der Waals surface area contributed by atoms with Crippen LogP contribution in [0.1, 0.15) is 34.8 Å². The molecule has 2 aromatic rings. The van der Waals surface area contributed by atoms with Crippen molar-refractivity contribution in [1.82, 2.24) is 14.9 Å². The third-order valence-electron chi connectivity index (χ3n) is 4.61. The van der Waals surface area contributed by atoms with Crippen LogP contribution in [0.4, 0.5) is 0 Å². The zero-order valence-electron chi connectivity index (χ0n) is 14.4. The lowest BCUT2D eigenvalue weighted by molar-refractivity contribution is 0.0697. The Morgan fingerprint density at radius 3 is 3.00 bits per heavy atom. The molecule has 132 valence electrons. The number of hydrogen-bond acceptors (Lipinski definition) is 5. The second-order valence-corrected chi connectivity index (χ2v) is 6.31. The highest BCUT2D eigenvalue weighted by Gasteiger charge is 2.25. The first-order chi connectivity index (χ1) is 12.2. The fourth-order valence-electron chi connectivity index (χ4n) is 3.37. The van der Waals surface area contributed by atoms with Gasteiger partial charge in [-0.15, -0.1) is 0 Å². The molecule has 1 N–H and O–H groups in total. The monoisotopic (exact) mass is 341 g/mol. The summed E-state index contributed by atoms with van der Waals surface area (Å²) in [6.45, 7) is 3.63. The summed E-state index contributed by atoms with van der Waals surface area (Å²) >= 11 is 0. The highest BCUT2D eigenvalue weighted by atomic mass is 16.5. The zero-order chi connectivity index (χ0) is 17.6. The Hall–Kier alpha value is -2.31. The minimum atomic E-state index is -0.935. The van der Waals surface area contributed by atoms with Gasteiger partial charge in [-0.2, -0.15) is 0 Å². The van der Waals surface area contributed by atoms with Crippen molar-refractivity contribution in [3.05, 3.63) is 47.9 Å². The van der Waals surface area contributed by atoms with Gasteiger partial charge in [0.1, 0.15) is 0 Å². The van der Waals surface area contributed by atoms with E-state index in [4.69, 9.17) is 4.74 Å². The third-order valence-corrected chi connectivity index (χ3v) is 4.61. The van der Waals surface area contributed by atoms with Crippen LogP contribution in [0.2, 0.25) is 0 Å². The average Bonchev–Trinajstić information content (AvgIpc) is 2.66. The molecule has 0 radical (unpaired) electrons. The van der Waals surface area contributed by atoms with Crippen molar-refractivity contribution in [3.8, 4) is 11.3 Å².